The van der Waals surface area contributed by atoms with E-state index in [0.29, 0.717) is 6.54 Å². The van der Waals surface area contributed by atoms with Crippen LogP contribution in [0, 0.1) is 0 Å². The van der Waals surface area contributed by atoms with E-state index in [0.717, 1.165) is 124 Å². The van der Waals surface area contributed by atoms with Crippen LogP contribution in [0.3, 0.4) is 0 Å². The van der Waals surface area contributed by atoms with E-state index in [-0.39, 0.29) is 24.4 Å². The van der Waals surface area contributed by atoms with Gasteiger partial charge in [0.2, 0.25) is 10.0 Å². The van der Waals surface area contributed by atoms with Crippen molar-refractivity contribution in [1.29, 1.82) is 0 Å². The van der Waals surface area contributed by atoms with Gasteiger partial charge in [-0.2, -0.15) is 0 Å². The van der Waals surface area contributed by atoms with Crippen molar-refractivity contribution in [2.45, 2.75) is 119 Å². The van der Waals surface area contributed by atoms with Crippen molar-refractivity contribution in [1.82, 2.24) is 34.6 Å². The zero-order valence-corrected chi connectivity index (χ0v) is 63.3. The molecule has 0 aliphatic heterocycles. The van der Waals surface area contributed by atoms with Crippen LogP contribution < -0.4 is 4.72 Å². The molecule has 106 heavy (non-hydrogen) atoms. The smallest absolute Gasteiger partial charge is 0.240 e. The first kappa shape index (κ1) is 75.9. The van der Waals surface area contributed by atoms with Crippen LogP contribution in [0.5, 0.6) is 0 Å². The molecule has 15 aromatic rings. The first-order valence-electron chi connectivity index (χ1n) is 36.8. The first-order chi connectivity index (χ1) is 51.8. The van der Waals surface area contributed by atoms with Gasteiger partial charge in [-0.05, 0) is 134 Å². The maximum Gasteiger partial charge on any atom is 0.240 e. The predicted molar refractivity (Wildman–Crippen MR) is 434 cm³/mol. The number of hydrogen-bond acceptors (Lipinski definition) is 12. The summed E-state index contributed by atoms with van der Waals surface area (Å²) in [5.74, 6) is 0. The molecule has 536 valence electrons. The van der Waals surface area contributed by atoms with Crippen LogP contribution in [-0.2, 0) is 43.8 Å². The molecule has 6 heterocycles. The van der Waals surface area contributed by atoms with Crippen LogP contribution in [0.15, 0.2) is 290 Å². The van der Waals surface area contributed by atoms with E-state index < -0.39 is 10.0 Å². The molecule has 0 radical (unpaired) electrons. The molecule has 0 saturated carbocycles. The minimum atomic E-state index is -3.58. The first-order valence-corrected chi connectivity index (χ1v) is 39.0. The Morgan fingerprint density at radius 3 is 0.840 bits per heavy atom. The maximum atomic E-state index is 13.1. The van der Waals surface area contributed by atoms with Crippen LogP contribution in [0.25, 0.3) is 132 Å². The normalized spacial score (nSPS) is 11.4. The Kier molecular flexibility index (Phi) is 27.5. The number of hydrogen-bond donors (Lipinski definition) is 1. The van der Waals surface area contributed by atoms with E-state index in [9.17, 15) is 8.42 Å². The monoisotopic (exact) mass is 1520 g/mol. The standard InChI is InChI=1S/C43H55N3O5S2.2C24H16N2.Ru/c1-3-4-5-6-7-8-9-10-11-12-13-14-15-16-17-18-31-46-53(47,48)37-25-21-35(22-26-37)39-30-33-45-43-41(39)28-27-40-38(29-32-44-42(40)43)34-19-23-36(24-20-34)52-51-50-49-2;2*1-3-7-17(8-4-1)19-13-15-25-23-21(19)11-12-22-20(14-16-26-24(22)23)18-9-5-2-6-10-18;/h19-30,32-33,46H,3-18,31H2,1-2H3;2*1-16H;. The number of unbranched alkanes of at least 4 members (excludes halogenated alkanes) is 15. The topological polar surface area (TPSA) is 151 Å². The van der Waals surface area contributed by atoms with Gasteiger partial charge in [-0.1, -0.05) is 290 Å². The number of pyridine rings is 6. The Hall–Kier alpha value is -9.80. The number of nitrogens with one attached hydrogen (secondary N) is 1. The van der Waals surface area contributed by atoms with Gasteiger partial charge in [0, 0.05) is 100 Å². The number of rotatable bonds is 29. The molecule has 0 bridgehead atoms. The summed E-state index contributed by atoms with van der Waals surface area (Å²) in [6.07, 6.45) is 31.8. The quantitative estimate of drug-likeness (QED) is 0.0119. The second-order valence-corrected chi connectivity index (χ2v) is 28.9. The van der Waals surface area contributed by atoms with E-state index in [2.05, 4.69) is 199 Å². The Morgan fingerprint density at radius 1 is 0.311 bits per heavy atom. The maximum absolute atomic E-state index is 13.1. The third-order valence-electron chi connectivity index (χ3n) is 19.4. The fourth-order valence-corrected chi connectivity index (χ4v) is 15.5. The molecule has 0 saturated heterocycles. The Morgan fingerprint density at radius 2 is 0.566 bits per heavy atom. The predicted octanol–water partition coefficient (Wildman–Crippen LogP) is 24.4. The largest absolute Gasteiger partial charge is 0.254 e. The summed E-state index contributed by atoms with van der Waals surface area (Å²) in [6.45, 7) is 2.73. The molecule has 6 aromatic heterocycles. The van der Waals surface area contributed by atoms with Crippen LogP contribution in [0.4, 0.5) is 0 Å². The van der Waals surface area contributed by atoms with Gasteiger partial charge in [0.15, 0.2) is 0 Å². The Bertz CT molecular complexity index is 5050. The van der Waals surface area contributed by atoms with Gasteiger partial charge in [0.1, 0.15) is 0 Å². The van der Waals surface area contributed by atoms with Crippen molar-refractivity contribution in [2.24, 2.45) is 0 Å². The van der Waals surface area contributed by atoms with Crippen molar-refractivity contribution in [3.8, 4) is 66.8 Å². The molecule has 12 nitrogen and oxygen atoms in total. The van der Waals surface area contributed by atoms with Gasteiger partial charge in [0.05, 0.1) is 57.1 Å². The molecule has 0 spiro atoms. The minimum Gasteiger partial charge on any atom is -0.254 e. The molecule has 0 unspecified atom stereocenters. The molecule has 0 atom stereocenters. The molecule has 1 N–H and O–H groups in total. The molecule has 0 amide bonds. The number of benzene rings is 9. The van der Waals surface area contributed by atoms with Crippen molar-refractivity contribution in [2.75, 3.05) is 13.7 Å². The number of aromatic nitrogens is 6. The Balaban J connectivity index is 0.000000164. The number of fused-ring (bicyclic) bond motifs is 9. The van der Waals surface area contributed by atoms with E-state index >= 15 is 0 Å². The molecule has 15 heteroatoms. The van der Waals surface area contributed by atoms with Crippen LogP contribution in [0.1, 0.15) is 110 Å². The van der Waals surface area contributed by atoms with Crippen molar-refractivity contribution in [3.05, 3.63) is 280 Å². The summed E-state index contributed by atoms with van der Waals surface area (Å²) in [5.41, 5.74) is 18.8. The van der Waals surface area contributed by atoms with Gasteiger partial charge in [-0.25, -0.2) is 18.0 Å². The van der Waals surface area contributed by atoms with Crippen LogP contribution >= 0.6 is 12.0 Å². The van der Waals surface area contributed by atoms with Crippen molar-refractivity contribution >= 4 is 87.5 Å². The molecule has 0 fully saturated rings. The molecule has 0 aliphatic carbocycles. The van der Waals surface area contributed by atoms with E-state index in [4.69, 9.17) is 14.3 Å². The third kappa shape index (κ3) is 18.9. The molecular weight excluding hydrogens is 1440 g/mol. The fourth-order valence-electron chi connectivity index (χ4n) is 14.0. The van der Waals surface area contributed by atoms with Gasteiger partial charge in [-0.15, -0.1) is 4.33 Å². The summed E-state index contributed by atoms with van der Waals surface area (Å²) < 4.78 is 33.9. The molecule has 15 rings (SSSR count). The van der Waals surface area contributed by atoms with E-state index in [1.54, 1.807) is 24.5 Å². The summed E-state index contributed by atoms with van der Waals surface area (Å²) >= 11 is 1.06. The summed E-state index contributed by atoms with van der Waals surface area (Å²) in [7, 11) is -2.21. The van der Waals surface area contributed by atoms with Crippen molar-refractivity contribution in [3.63, 3.8) is 0 Å². The molecule has 9 aromatic carbocycles. The summed E-state index contributed by atoms with van der Waals surface area (Å²) in [4.78, 5) is 33.7. The number of nitrogens with zero attached hydrogens (tertiary/aromatic N) is 6. The average Bonchev–Trinajstić information content (AvgIpc) is 0.769. The van der Waals surface area contributed by atoms with E-state index in [1.165, 1.54) is 135 Å². The SMILES string of the molecule is CCCCCCCCCCCCCCCCCCNS(=O)(=O)c1ccc(-c2ccnc3c2ccc2c(-c4ccc(SOOOC)cc4)ccnc23)cc1.[Ru].c1ccc(-c2ccnc3c2ccc2c(-c4ccccc4)ccnc23)cc1.c1ccc(-c2ccnc3c2ccc2c(-c4ccccc4)ccnc23)cc1. The van der Waals surface area contributed by atoms with Crippen molar-refractivity contribution < 1.29 is 42.2 Å². The summed E-state index contributed by atoms with van der Waals surface area (Å²) in [5, 5.41) is 10.9. The Labute approximate surface area is 639 Å². The van der Waals surface area contributed by atoms with Crippen LogP contribution in [-0.4, -0.2) is 52.0 Å². The van der Waals surface area contributed by atoms with Crippen LogP contribution in [0.2, 0.25) is 0 Å². The van der Waals surface area contributed by atoms with E-state index in [1.807, 2.05) is 97.6 Å². The summed E-state index contributed by atoms with van der Waals surface area (Å²) in [6, 6.07) is 81.8. The van der Waals surface area contributed by atoms with Gasteiger partial charge >= 0.3 is 0 Å². The van der Waals surface area contributed by atoms with Gasteiger partial charge in [-0.3, -0.25) is 29.9 Å². The third-order valence-corrected chi connectivity index (χ3v) is 21.5. The minimum absolute atomic E-state index is 0. The van der Waals surface area contributed by atoms with Gasteiger partial charge in [0.25, 0.3) is 0 Å². The zero-order valence-electron chi connectivity index (χ0n) is 60.0. The molecular formula is C91H87N7O5RuS2. The second-order valence-electron chi connectivity index (χ2n) is 26.3. The second kappa shape index (κ2) is 38.5. The van der Waals surface area contributed by atoms with Gasteiger partial charge < -0.3 is 0 Å². The fraction of sp³-hybridized carbons (Fsp3) is 0.209. The molecule has 0 aliphatic rings. The average molecular weight is 1520 g/mol. The zero-order chi connectivity index (χ0) is 71.8. The number of sulfonamides is 1.